The van der Waals surface area contributed by atoms with Crippen LogP contribution >= 0.6 is 0 Å². The van der Waals surface area contributed by atoms with Crippen LogP contribution in [-0.2, 0) is 11.2 Å². The summed E-state index contributed by atoms with van der Waals surface area (Å²) in [5, 5.41) is 4.92. The second-order valence-electron chi connectivity index (χ2n) is 10.0. The Labute approximate surface area is 218 Å². The van der Waals surface area contributed by atoms with Crippen molar-refractivity contribution in [2.45, 2.75) is 76.5 Å². The van der Waals surface area contributed by atoms with Crippen molar-refractivity contribution in [3.8, 4) is 17.0 Å². The van der Waals surface area contributed by atoms with Crippen molar-refractivity contribution in [2.24, 2.45) is 0 Å². The van der Waals surface area contributed by atoms with Crippen LogP contribution < -0.4 is 10.1 Å². The summed E-state index contributed by atoms with van der Waals surface area (Å²) in [6.07, 6.45) is 14.2. The zero-order valence-electron chi connectivity index (χ0n) is 22.0. The van der Waals surface area contributed by atoms with Crippen molar-refractivity contribution in [2.75, 3.05) is 14.2 Å². The summed E-state index contributed by atoms with van der Waals surface area (Å²) in [6.45, 7) is 2.00. The fourth-order valence-electron chi connectivity index (χ4n) is 5.12. The van der Waals surface area contributed by atoms with Crippen LogP contribution in [0.15, 0.2) is 47.3 Å². The molecule has 0 bridgehead atoms. The normalized spacial score (nSPS) is 18.1. The fourth-order valence-corrected chi connectivity index (χ4v) is 5.12. The molecule has 1 fully saturated rings. The molecule has 2 N–H and O–H groups in total. The molecule has 5 rings (SSSR count). The Morgan fingerprint density at radius 1 is 1.11 bits per heavy atom. The van der Waals surface area contributed by atoms with Gasteiger partial charge in [0.1, 0.15) is 17.8 Å². The highest BCUT2D eigenvalue weighted by Crippen LogP contribution is 2.34. The molecule has 3 heterocycles. The zero-order chi connectivity index (χ0) is 25.6. The summed E-state index contributed by atoms with van der Waals surface area (Å²) >= 11 is 0. The van der Waals surface area contributed by atoms with E-state index in [0.717, 1.165) is 90.3 Å². The van der Waals surface area contributed by atoms with Crippen LogP contribution in [0, 0.1) is 6.92 Å². The molecule has 0 unspecified atom stereocenters. The summed E-state index contributed by atoms with van der Waals surface area (Å²) in [7, 11) is 3.50. The number of benzene rings is 1. The van der Waals surface area contributed by atoms with E-state index in [1.54, 1.807) is 26.7 Å². The van der Waals surface area contributed by atoms with Crippen LogP contribution in [0.1, 0.15) is 68.4 Å². The molecule has 3 aromatic heterocycles. The molecule has 0 amide bonds. The molecule has 1 aromatic carbocycles. The quantitative estimate of drug-likeness (QED) is 0.218. The summed E-state index contributed by atoms with van der Waals surface area (Å²) in [6, 6.07) is 8.90. The van der Waals surface area contributed by atoms with Gasteiger partial charge in [0.25, 0.3) is 0 Å². The molecule has 4 aromatic rings. The van der Waals surface area contributed by atoms with E-state index in [-0.39, 0.29) is 6.04 Å². The number of nitrogens with zero attached hydrogens (tertiary/aromatic N) is 3. The first-order valence-electron chi connectivity index (χ1n) is 13.3. The maximum Gasteiger partial charge on any atom is 0.193 e. The smallest absolute Gasteiger partial charge is 0.193 e. The zero-order valence-corrected chi connectivity index (χ0v) is 22.0. The second-order valence-corrected chi connectivity index (χ2v) is 10.0. The lowest BCUT2D eigenvalue weighted by Crippen LogP contribution is -2.46. The number of fused-ring (bicyclic) bond motifs is 1. The fraction of sp³-hybridized carbons (Fsp3) is 0.483. The van der Waals surface area contributed by atoms with E-state index in [2.05, 4.69) is 32.4 Å². The summed E-state index contributed by atoms with van der Waals surface area (Å²) < 4.78 is 16.6. The third-order valence-corrected chi connectivity index (χ3v) is 7.35. The summed E-state index contributed by atoms with van der Waals surface area (Å²) in [5.74, 6) is 2.59. The maximum absolute atomic E-state index is 5.73. The molecule has 8 heteroatoms. The van der Waals surface area contributed by atoms with E-state index in [1.165, 1.54) is 6.42 Å². The Morgan fingerprint density at radius 3 is 2.76 bits per heavy atom. The molecule has 0 aliphatic heterocycles. The van der Waals surface area contributed by atoms with Gasteiger partial charge in [-0.15, -0.1) is 0 Å². The van der Waals surface area contributed by atoms with Gasteiger partial charge in [-0.3, -0.25) is 4.98 Å². The minimum Gasteiger partial charge on any atom is -0.496 e. The van der Waals surface area contributed by atoms with Gasteiger partial charge in [0.15, 0.2) is 5.89 Å². The van der Waals surface area contributed by atoms with Crippen molar-refractivity contribution < 1.29 is 13.9 Å². The number of ether oxygens (including phenoxy) is 2. The van der Waals surface area contributed by atoms with Crippen molar-refractivity contribution in [1.29, 1.82) is 0 Å². The van der Waals surface area contributed by atoms with Crippen molar-refractivity contribution in [3.63, 3.8) is 0 Å². The average Bonchev–Trinajstić information content (AvgIpc) is 3.58. The Kier molecular flexibility index (Phi) is 8.16. The average molecular weight is 504 g/mol. The number of hydrogen-bond acceptors (Lipinski definition) is 7. The SMILES string of the molecule is COc1cc2nc(C)ccc2cc1-c1cnc([C@H](CCCCCCc2ncco2)NC2CC(OC)C2)[nH]1. The monoisotopic (exact) mass is 503 g/mol. The van der Waals surface area contributed by atoms with E-state index < -0.39 is 0 Å². The maximum atomic E-state index is 5.73. The minimum atomic E-state index is 0.166. The third kappa shape index (κ3) is 6.19. The Balaban J connectivity index is 1.27. The number of aryl methyl sites for hydroxylation is 2. The topological polar surface area (TPSA) is 98.1 Å². The van der Waals surface area contributed by atoms with Gasteiger partial charge >= 0.3 is 0 Å². The van der Waals surface area contributed by atoms with Crippen molar-refractivity contribution in [3.05, 3.63) is 60.3 Å². The molecule has 196 valence electrons. The number of pyridine rings is 1. The summed E-state index contributed by atoms with van der Waals surface area (Å²) in [5.41, 5.74) is 3.87. The van der Waals surface area contributed by atoms with Crippen LogP contribution in [0.25, 0.3) is 22.2 Å². The van der Waals surface area contributed by atoms with E-state index in [0.29, 0.717) is 12.1 Å². The Morgan fingerprint density at radius 2 is 1.97 bits per heavy atom. The molecule has 1 saturated carbocycles. The lowest BCUT2D eigenvalue weighted by molar-refractivity contribution is 0.0134. The molecule has 0 saturated heterocycles. The van der Waals surface area contributed by atoms with Crippen LogP contribution in [0.4, 0.5) is 0 Å². The van der Waals surface area contributed by atoms with Crippen molar-refractivity contribution >= 4 is 10.9 Å². The number of unbranched alkanes of at least 4 members (excludes halogenated alkanes) is 3. The molecule has 1 atom stereocenters. The first-order chi connectivity index (χ1) is 18.1. The number of methoxy groups -OCH3 is 2. The van der Waals surface area contributed by atoms with Gasteiger partial charge in [-0.2, -0.15) is 0 Å². The predicted octanol–water partition coefficient (Wildman–Crippen LogP) is 5.93. The molecular formula is C29H37N5O3. The number of nitrogens with one attached hydrogen (secondary N) is 2. The highest BCUT2D eigenvalue weighted by Gasteiger charge is 2.31. The Bertz CT molecular complexity index is 1280. The number of imidazole rings is 1. The molecule has 8 nitrogen and oxygen atoms in total. The standard InChI is InChI=1S/C29H37N5O3/c1-19-10-11-20-14-23(27(36-3)17-25(20)32-19)26-18-31-29(34-26)24(33-21-15-22(16-21)35-2)8-6-4-5-7-9-28-30-12-13-37-28/h10-14,17-18,21-22,24,33H,4-9,15-16H2,1-3H3,(H,31,34)/t21?,22?,24-/m0/s1. The lowest BCUT2D eigenvalue weighted by atomic mass is 9.88. The van der Waals surface area contributed by atoms with Crippen LogP contribution in [0.5, 0.6) is 5.75 Å². The summed E-state index contributed by atoms with van der Waals surface area (Å²) in [4.78, 5) is 17.3. The van der Waals surface area contributed by atoms with Crippen LogP contribution in [0.3, 0.4) is 0 Å². The molecule has 1 aliphatic rings. The van der Waals surface area contributed by atoms with Gasteiger partial charge in [0.05, 0.1) is 42.9 Å². The van der Waals surface area contributed by atoms with Gasteiger partial charge in [-0.25, -0.2) is 9.97 Å². The van der Waals surface area contributed by atoms with E-state index in [1.807, 2.05) is 25.3 Å². The number of oxazole rings is 1. The molecule has 0 spiro atoms. The molecular weight excluding hydrogens is 466 g/mol. The van der Waals surface area contributed by atoms with Crippen molar-refractivity contribution in [1.82, 2.24) is 25.3 Å². The minimum absolute atomic E-state index is 0.166. The Hall–Kier alpha value is -3.23. The van der Waals surface area contributed by atoms with E-state index in [9.17, 15) is 0 Å². The first-order valence-corrected chi connectivity index (χ1v) is 13.3. The second kappa shape index (κ2) is 11.9. The lowest BCUT2D eigenvalue weighted by Gasteiger charge is -2.37. The van der Waals surface area contributed by atoms with Gasteiger partial charge in [0.2, 0.25) is 0 Å². The predicted molar refractivity (Wildman–Crippen MR) is 144 cm³/mol. The number of rotatable bonds is 13. The van der Waals surface area contributed by atoms with E-state index in [4.69, 9.17) is 18.9 Å². The van der Waals surface area contributed by atoms with Gasteiger partial charge in [-0.05, 0) is 44.7 Å². The molecule has 37 heavy (non-hydrogen) atoms. The number of hydrogen-bond donors (Lipinski definition) is 2. The van der Waals surface area contributed by atoms with Gasteiger partial charge in [0, 0.05) is 42.3 Å². The largest absolute Gasteiger partial charge is 0.496 e. The number of aromatic nitrogens is 4. The van der Waals surface area contributed by atoms with Gasteiger partial charge in [-0.1, -0.05) is 25.3 Å². The number of aromatic amines is 1. The van der Waals surface area contributed by atoms with Gasteiger partial charge < -0.3 is 24.2 Å². The first kappa shape index (κ1) is 25.4. The molecule has 0 radical (unpaired) electrons. The highest BCUT2D eigenvalue weighted by atomic mass is 16.5. The highest BCUT2D eigenvalue weighted by molar-refractivity contribution is 5.87. The molecule has 1 aliphatic carbocycles. The number of H-pyrrole nitrogens is 1. The third-order valence-electron chi connectivity index (χ3n) is 7.35. The van der Waals surface area contributed by atoms with Crippen LogP contribution in [0.2, 0.25) is 0 Å². The van der Waals surface area contributed by atoms with E-state index >= 15 is 0 Å². The van der Waals surface area contributed by atoms with Crippen LogP contribution in [-0.4, -0.2) is 46.3 Å².